The molecule has 0 spiro atoms. The zero-order valence-corrected chi connectivity index (χ0v) is 10.1. The predicted molar refractivity (Wildman–Crippen MR) is 71.8 cm³/mol. The van der Waals surface area contributed by atoms with Crippen LogP contribution in [0.15, 0.2) is 48.5 Å². The van der Waals surface area contributed by atoms with Crippen LogP contribution in [0.25, 0.3) is 0 Å². The van der Waals surface area contributed by atoms with Gasteiger partial charge in [-0.1, -0.05) is 12.1 Å². The number of phenolic OH excluding ortho intramolecular Hbond substituents is 2. The van der Waals surface area contributed by atoms with Crippen molar-refractivity contribution in [3.63, 3.8) is 0 Å². The number of anilines is 1. The summed E-state index contributed by atoms with van der Waals surface area (Å²) < 4.78 is 0. The number of nitrogens with two attached hydrogens (primary N) is 1. The molecule has 2 rings (SSSR count). The third-order valence-electron chi connectivity index (χ3n) is 2.67. The fourth-order valence-electron chi connectivity index (χ4n) is 1.60. The zero-order chi connectivity index (χ0) is 13.8. The lowest BCUT2D eigenvalue weighted by molar-refractivity contribution is -0.117. The van der Waals surface area contributed by atoms with Gasteiger partial charge in [0.05, 0.1) is 0 Å². The van der Waals surface area contributed by atoms with E-state index in [1.807, 2.05) is 0 Å². The van der Waals surface area contributed by atoms with Crippen molar-refractivity contribution in [1.29, 1.82) is 0 Å². The molecule has 0 saturated carbocycles. The average Bonchev–Trinajstić information content (AvgIpc) is 2.41. The molecule has 1 unspecified atom stereocenters. The van der Waals surface area contributed by atoms with Gasteiger partial charge >= 0.3 is 0 Å². The molecule has 5 N–H and O–H groups in total. The minimum absolute atomic E-state index is 0.120. The van der Waals surface area contributed by atoms with E-state index in [-0.39, 0.29) is 17.4 Å². The second-order valence-corrected chi connectivity index (χ2v) is 4.11. The highest BCUT2D eigenvalue weighted by Gasteiger charge is 2.15. The standard InChI is InChI=1S/C14H14N2O3/c15-13(9-1-5-11(17)6-2-9)14(19)16-10-3-7-12(18)8-4-10/h1-8,13,17-18H,15H2,(H,16,19). The van der Waals surface area contributed by atoms with E-state index in [4.69, 9.17) is 10.8 Å². The van der Waals surface area contributed by atoms with Gasteiger partial charge in [0.25, 0.3) is 0 Å². The molecule has 1 atom stereocenters. The monoisotopic (exact) mass is 258 g/mol. The van der Waals surface area contributed by atoms with E-state index in [2.05, 4.69) is 5.32 Å². The fourth-order valence-corrected chi connectivity index (χ4v) is 1.60. The summed E-state index contributed by atoms with van der Waals surface area (Å²) in [5.74, 6) is -0.118. The molecule has 0 bridgehead atoms. The highest BCUT2D eigenvalue weighted by atomic mass is 16.3. The number of carbonyl (C=O) groups excluding carboxylic acids is 1. The van der Waals surface area contributed by atoms with Crippen molar-refractivity contribution in [2.75, 3.05) is 5.32 Å². The highest BCUT2D eigenvalue weighted by molar-refractivity contribution is 5.95. The zero-order valence-electron chi connectivity index (χ0n) is 10.1. The summed E-state index contributed by atoms with van der Waals surface area (Å²) in [4.78, 5) is 11.9. The third-order valence-corrected chi connectivity index (χ3v) is 2.67. The lowest BCUT2D eigenvalue weighted by Gasteiger charge is -2.12. The maximum atomic E-state index is 11.9. The second kappa shape index (κ2) is 5.41. The first-order valence-electron chi connectivity index (χ1n) is 5.70. The van der Waals surface area contributed by atoms with E-state index in [0.717, 1.165) is 0 Å². The van der Waals surface area contributed by atoms with Crippen molar-refractivity contribution in [3.05, 3.63) is 54.1 Å². The minimum Gasteiger partial charge on any atom is -0.508 e. The van der Waals surface area contributed by atoms with E-state index in [1.165, 1.54) is 24.3 Å². The van der Waals surface area contributed by atoms with Crippen LogP contribution in [0, 0.1) is 0 Å². The number of rotatable bonds is 3. The quantitative estimate of drug-likeness (QED) is 0.630. The summed E-state index contributed by atoms with van der Waals surface area (Å²) in [7, 11) is 0. The van der Waals surface area contributed by atoms with Crippen LogP contribution in [-0.2, 0) is 4.79 Å². The van der Waals surface area contributed by atoms with E-state index >= 15 is 0 Å². The van der Waals surface area contributed by atoms with Crippen LogP contribution in [0.5, 0.6) is 11.5 Å². The van der Waals surface area contributed by atoms with Gasteiger partial charge in [-0.25, -0.2) is 0 Å². The molecule has 5 heteroatoms. The summed E-state index contributed by atoms with van der Waals surface area (Å²) in [6.07, 6.45) is 0. The Morgan fingerprint density at radius 3 is 1.95 bits per heavy atom. The summed E-state index contributed by atoms with van der Waals surface area (Å²) in [6, 6.07) is 11.4. The molecule has 0 aromatic heterocycles. The van der Waals surface area contributed by atoms with Crippen LogP contribution >= 0.6 is 0 Å². The Kier molecular flexibility index (Phi) is 3.68. The van der Waals surface area contributed by atoms with E-state index in [9.17, 15) is 9.90 Å². The number of carbonyl (C=O) groups is 1. The van der Waals surface area contributed by atoms with Crippen LogP contribution in [0.1, 0.15) is 11.6 Å². The molecular weight excluding hydrogens is 244 g/mol. The molecule has 0 fully saturated rings. The van der Waals surface area contributed by atoms with Crippen molar-refractivity contribution in [1.82, 2.24) is 0 Å². The van der Waals surface area contributed by atoms with Gasteiger partial charge < -0.3 is 21.3 Å². The molecule has 98 valence electrons. The van der Waals surface area contributed by atoms with E-state index in [1.54, 1.807) is 24.3 Å². The van der Waals surface area contributed by atoms with Gasteiger partial charge in [0.2, 0.25) is 5.91 Å². The van der Waals surface area contributed by atoms with Gasteiger partial charge in [-0.05, 0) is 42.0 Å². The minimum atomic E-state index is -0.825. The van der Waals surface area contributed by atoms with E-state index in [0.29, 0.717) is 11.3 Å². The molecule has 0 aliphatic carbocycles. The van der Waals surface area contributed by atoms with Crippen LogP contribution < -0.4 is 11.1 Å². The first-order chi connectivity index (χ1) is 9.06. The molecule has 0 radical (unpaired) electrons. The summed E-state index contributed by atoms with van der Waals surface area (Å²) in [5, 5.41) is 21.0. The van der Waals surface area contributed by atoms with Crippen molar-refractivity contribution in [3.8, 4) is 11.5 Å². The topological polar surface area (TPSA) is 95.6 Å². The van der Waals surface area contributed by atoms with Gasteiger partial charge in [0.15, 0.2) is 0 Å². The summed E-state index contributed by atoms with van der Waals surface area (Å²) >= 11 is 0. The summed E-state index contributed by atoms with van der Waals surface area (Å²) in [5.41, 5.74) is 6.98. The number of amides is 1. The lowest BCUT2D eigenvalue weighted by atomic mass is 10.1. The molecule has 0 aliphatic heterocycles. The molecule has 1 amide bonds. The Hall–Kier alpha value is -2.53. The first-order valence-corrected chi connectivity index (χ1v) is 5.70. The fraction of sp³-hybridized carbons (Fsp3) is 0.0714. The number of hydrogen-bond acceptors (Lipinski definition) is 4. The van der Waals surface area contributed by atoms with Crippen molar-refractivity contribution in [2.24, 2.45) is 5.73 Å². The number of aromatic hydroxyl groups is 2. The van der Waals surface area contributed by atoms with Gasteiger partial charge in [-0.15, -0.1) is 0 Å². The third kappa shape index (κ3) is 3.23. The maximum absolute atomic E-state index is 11.9. The van der Waals surface area contributed by atoms with Crippen LogP contribution in [-0.4, -0.2) is 16.1 Å². The Balaban J connectivity index is 2.07. The Morgan fingerprint density at radius 2 is 1.42 bits per heavy atom. The largest absolute Gasteiger partial charge is 0.508 e. The van der Waals surface area contributed by atoms with Gasteiger partial charge in [0.1, 0.15) is 17.5 Å². The SMILES string of the molecule is NC(C(=O)Nc1ccc(O)cc1)c1ccc(O)cc1. The molecule has 2 aromatic carbocycles. The van der Waals surface area contributed by atoms with Gasteiger partial charge in [-0.3, -0.25) is 4.79 Å². The molecule has 5 nitrogen and oxygen atoms in total. The van der Waals surface area contributed by atoms with Crippen molar-refractivity contribution >= 4 is 11.6 Å². The van der Waals surface area contributed by atoms with Gasteiger partial charge in [0, 0.05) is 5.69 Å². The Labute approximate surface area is 110 Å². The average molecular weight is 258 g/mol. The van der Waals surface area contributed by atoms with Crippen LogP contribution in [0.3, 0.4) is 0 Å². The molecule has 0 heterocycles. The van der Waals surface area contributed by atoms with Gasteiger partial charge in [-0.2, -0.15) is 0 Å². The first kappa shape index (κ1) is 12.9. The van der Waals surface area contributed by atoms with Crippen molar-refractivity contribution in [2.45, 2.75) is 6.04 Å². The van der Waals surface area contributed by atoms with Crippen LogP contribution in [0.4, 0.5) is 5.69 Å². The highest BCUT2D eigenvalue weighted by Crippen LogP contribution is 2.18. The summed E-state index contributed by atoms with van der Waals surface area (Å²) in [6.45, 7) is 0. The molecule has 0 saturated heterocycles. The van der Waals surface area contributed by atoms with Crippen LogP contribution in [0.2, 0.25) is 0 Å². The molecule has 2 aromatic rings. The second-order valence-electron chi connectivity index (χ2n) is 4.11. The Bertz CT molecular complexity index is 564. The molecular formula is C14H14N2O3. The lowest BCUT2D eigenvalue weighted by Crippen LogP contribution is -2.27. The van der Waals surface area contributed by atoms with E-state index < -0.39 is 6.04 Å². The number of phenols is 2. The number of hydrogen-bond donors (Lipinski definition) is 4. The smallest absolute Gasteiger partial charge is 0.245 e. The predicted octanol–water partition coefficient (Wildman–Crippen LogP) is 1.74. The maximum Gasteiger partial charge on any atom is 0.245 e. The Morgan fingerprint density at radius 1 is 0.947 bits per heavy atom. The molecule has 19 heavy (non-hydrogen) atoms. The number of benzene rings is 2. The number of nitrogens with one attached hydrogen (secondary N) is 1. The van der Waals surface area contributed by atoms with Crippen molar-refractivity contribution < 1.29 is 15.0 Å². The molecule has 0 aliphatic rings. The normalized spacial score (nSPS) is 11.8.